The fourth-order valence-corrected chi connectivity index (χ4v) is 8.81. The van der Waals surface area contributed by atoms with Crippen LogP contribution in [0.15, 0.2) is 48.6 Å². The Kier molecular flexibility index (Phi) is 9.87. The van der Waals surface area contributed by atoms with Gasteiger partial charge in [0.2, 0.25) is 5.91 Å². The van der Waals surface area contributed by atoms with E-state index in [-0.39, 0.29) is 29.8 Å². The zero-order chi connectivity index (χ0) is 30.6. The Morgan fingerprint density at radius 3 is 2.55 bits per heavy atom. The van der Waals surface area contributed by atoms with E-state index in [2.05, 4.69) is 53.6 Å². The number of unbranched alkanes of at least 4 members (excludes halogenated alkanes) is 5. The third-order valence-corrected chi connectivity index (χ3v) is 11.2. The van der Waals surface area contributed by atoms with E-state index in [0.29, 0.717) is 25.0 Å². The molecule has 3 aliphatic carbocycles. The Morgan fingerprint density at radius 1 is 1.00 bits per heavy atom. The smallest absolute Gasteiger partial charge is 0.220 e. The molecular formula is C38H54N2O4. The van der Waals surface area contributed by atoms with Gasteiger partial charge in [-0.2, -0.15) is 0 Å². The normalized spacial score (nSPS) is 30.7. The summed E-state index contributed by atoms with van der Waals surface area (Å²) >= 11 is 0. The number of aromatic hydroxyl groups is 1. The van der Waals surface area contributed by atoms with Gasteiger partial charge in [-0.25, -0.2) is 0 Å². The van der Waals surface area contributed by atoms with E-state index in [0.717, 1.165) is 82.4 Å². The highest BCUT2D eigenvalue weighted by atomic mass is 16.5. The minimum atomic E-state index is -0.907. The highest BCUT2D eigenvalue weighted by molar-refractivity contribution is 5.76. The van der Waals surface area contributed by atoms with E-state index in [9.17, 15) is 15.0 Å². The van der Waals surface area contributed by atoms with Crippen LogP contribution in [0.3, 0.4) is 0 Å². The van der Waals surface area contributed by atoms with E-state index in [4.69, 9.17) is 4.74 Å². The number of likely N-dealkylation sites (tertiary alicyclic amines) is 1. The van der Waals surface area contributed by atoms with E-state index in [1.54, 1.807) is 6.07 Å². The van der Waals surface area contributed by atoms with Crippen LogP contribution in [0, 0.1) is 5.92 Å². The maximum Gasteiger partial charge on any atom is 0.220 e. The molecule has 3 fully saturated rings. The summed E-state index contributed by atoms with van der Waals surface area (Å²) in [7, 11) is 0. The maximum absolute atomic E-state index is 13.2. The molecule has 2 bridgehead atoms. The summed E-state index contributed by atoms with van der Waals surface area (Å²) in [5, 5.41) is 26.8. The number of ether oxygens (including phenoxy) is 1. The summed E-state index contributed by atoms with van der Waals surface area (Å²) in [6.45, 7) is 4.16. The Labute approximate surface area is 264 Å². The number of amides is 1. The lowest BCUT2D eigenvalue weighted by Gasteiger charge is -2.64. The summed E-state index contributed by atoms with van der Waals surface area (Å²) < 4.78 is 6.59. The number of benzene rings is 1. The average molecular weight is 603 g/mol. The molecule has 1 spiro atoms. The third kappa shape index (κ3) is 6.13. The molecule has 44 heavy (non-hydrogen) atoms. The van der Waals surface area contributed by atoms with Crippen molar-refractivity contribution in [3.63, 3.8) is 0 Å². The number of phenols is 1. The molecule has 2 saturated carbocycles. The Balaban J connectivity index is 0.974. The molecule has 1 amide bonds. The number of nitrogens with zero attached hydrogens (tertiary/aromatic N) is 1. The minimum Gasteiger partial charge on any atom is -0.504 e. The number of hydrogen-bond donors (Lipinski definition) is 3. The first-order valence-corrected chi connectivity index (χ1v) is 17.7. The van der Waals surface area contributed by atoms with E-state index < -0.39 is 11.0 Å². The molecule has 1 saturated heterocycles. The van der Waals surface area contributed by atoms with Gasteiger partial charge in [-0.05, 0) is 101 Å². The fourth-order valence-electron chi connectivity index (χ4n) is 8.81. The number of piperidine rings is 1. The van der Waals surface area contributed by atoms with Crippen molar-refractivity contribution in [2.45, 2.75) is 139 Å². The molecule has 6 rings (SSSR count). The predicted molar refractivity (Wildman–Crippen MR) is 176 cm³/mol. The molecule has 0 aromatic heterocycles. The van der Waals surface area contributed by atoms with Crippen molar-refractivity contribution < 1.29 is 19.7 Å². The maximum atomic E-state index is 13.2. The fraction of sp³-hybridized carbons (Fsp3) is 0.658. The molecule has 3 N–H and O–H groups in total. The zero-order valence-electron chi connectivity index (χ0n) is 26.8. The van der Waals surface area contributed by atoms with Crippen molar-refractivity contribution in [1.29, 1.82) is 0 Å². The summed E-state index contributed by atoms with van der Waals surface area (Å²) in [6, 6.07) is 3.70. The molecule has 6 heteroatoms. The summed E-state index contributed by atoms with van der Waals surface area (Å²) in [5.41, 5.74) is 0.741. The molecule has 5 aliphatic rings. The van der Waals surface area contributed by atoms with Crippen molar-refractivity contribution in [3.05, 3.63) is 59.7 Å². The van der Waals surface area contributed by atoms with Gasteiger partial charge in [-0.1, -0.05) is 68.7 Å². The van der Waals surface area contributed by atoms with Crippen LogP contribution in [0.1, 0.15) is 114 Å². The Hall–Kier alpha value is -2.57. The second-order valence-corrected chi connectivity index (χ2v) is 14.1. The molecule has 240 valence electrons. The Bertz CT molecular complexity index is 1250. The van der Waals surface area contributed by atoms with E-state index >= 15 is 0 Å². The van der Waals surface area contributed by atoms with Crippen molar-refractivity contribution in [1.82, 2.24) is 10.2 Å². The number of phenolic OH excluding ortho intramolecular Hbond substituents is 1. The number of nitrogens with one attached hydrogen (secondary N) is 1. The summed E-state index contributed by atoms with van der Waals surface area (Å²) in [4.78, 5) is 15.7. The van der Waals surface area contributed by atoms with Crippen LogP contribution in [-0.2, 0) is 16.6 Å². The van der Waals surface area contributed by atoms with Gasteiger partial charge in [0.15, 0.2) is 11.5 Å². The molecule has 0 unspecified atom stereocenters. The molecule has 2 aliphatic heterocycles. The van der Waals surface area contributed by atoms with Crippen molar-refractivity contribution >= 4 is 5.91 Å². The minimum absolute atomic E-state index is 0.0629. The lowest BCUT2D eigenvalue weighted by molar-refractivity contribution is -0.192. The van der Waals surface area contributed by atoms with Gasteiger partial charge in [-0.15, -0.1) is 0 Å². The lowest BCUT2D eigenvalue weighted by atomic mass is 9.48. The Morgan fingerprint density at radius 2 is 1.75 bits per heavy atom. The topological polar surface area (TPSA) is 82.0 Å². The van der Waals surface area contributed by atoms with Crippen LogP contribution in [0.2, 0.25) is 0 Å². The second kappa shape index (κ2) is 13.8. The number of aliphatic hydroxyl groups is 1. The molecule has 6 nitrogen and oxygen atoms in total. The molecule has 0 radical (unpaired) electrons. The van der Waals surface area contributed by atoms with Gasteiger partial charge >= 0.3 is 0 Å². The largest absolute Gasteiger partial charge is 0.504 e. The van der Waals surface area contributed by atoms with E-state index in [1.807, 2.05) is 6.07 Å². The molecular weight excluding hydrogens is 548 g/mol. The monoisotopic (exact) mass is 602 g/mol. The van der Waals surface area contributed by atoms with Gasteiger partial charge in [0.25, 0.3) is 0 Å². The third-order valence-electron chi connectivity index (χ3n) is 11.2. The molecule has 1 aromatic carbocycles. The number of allylic oxidation sites excluding steroid dienone is 6. The van der Waals surface area contributed by atoms with Gasteiger partial charge in [0.1, 0.15) is 6.10 Å². The average Bonchev–Trinajstić information content (AvgIpc) is 3.76. The highest BCUT2D eigenvalue weighted by Gasteiger charge is 2.73. The SMILES string of the molecule is CC/C=C/C/C=C/C/C=C/CCCCCCCC(=O)N[C@@H]1CC[C@@]2(O)[C@H]3Cc4ccc(O)c5c4[C@@]2(CCN3CC2CC2)[C@H]1O5. The number of hydrogen-bond acceptors (Lipinski definition) is 5. The van der Waals surface area contributed by atoms with Crippen molar-refractivity contribution in [2.75, 3.05) is 13.1 Å². The predicted octanol–water partition coefficient (Wildman–Crippen LogP) is 7.03. The van der Waals surface area contributed by atoms with Gasteiger partial charge in [0, 0.05) is 24.6 Å². The van der Waals surface area contributed by atoms with Crippen LogP contribution in [0.4, 0.5) is 0 Å². The summed E-state index contributed by atoms with van der Waals surface area (Å²) in [6.07, 6.45) is 29.0. The highest BCUT2D eigenvalue weighted by Crippen LogP contribution is 2.65. The molecule has 2 heterocycles. The number of rotatable bonds is 16. The number of carbonyl (C=O) groups is 1. The van der Waals surface area contributed by atoms with Crippen LogP contribution < -0.4 is 10.1 Å². The quantitative estimate of drug-likeness (QED) is 0.140. The van der Waals surface area contributed by atoms with Crippen LogP contribution in [-0.4, -0.2) is 57.9 Å². The summed E-state index contributed by atoms with van der Waals surface area (Å²) in [5.74, 6) is 1.55. The standard InChI is InChI=1S/C38H54N2O4/c1-2-3-4-5-6-7-8-9-10-11-12-13-14-15-16-17-33(42)39-30-22-23-38(43)32-26-29-20-21-31(41)35-34(29)37(38,36(30)44-35)24-25-40(32)27-28-18-19-28/h3-4,6-7,9-10,20-21,28,30,32,36,41,43H,2,5,8,11-19,22-27H2,1H3,(H,39,42)/b4-3+,7-6+,10-9+/t30-,32-,36+,37+,38-/m1/s1. The lowest BCUT2D eigenvalue weighted by Crippen LogP contribution is -2.78. The van der Waals surface area contributed by atoms with Crippen LogP contribution in [0.5, 0.6) is 11.5 Å². The number of carbonyl (C=O) groups excluding carboxylic acids is 1. The van der Waals surface area contributed by atoms with Crippen LogP contribution in [0.25, 0.3) is 0 Å². The molecule has 5 atom stereocenters. The van der Waals surface area contributed by atoms with Crippen molar-refractivity contribution in [3.8, 4) is 11.5 Å². The molecule has 1 aromatic rings. The zero-order valence-corrected chi connectivity index (χ0v) is 26.8. The van der Waals surface area contributed by atoms with Gasteiger partial charge in [-0.3, -0.25) is 9.69 Å². The van der Waals surface area contributed by atoms with Gasteiger partial charge in [0.05, 0.1) is 17.1 Å². The first kappa shape index (κ1) is 31.4. The van der Waals surface area contributed by atoms with Gasteiger partial charge < -0.3 is 20.3 Å². The second-order valence-electron chi connectivity index (χ2n) is 14.1. The first-order chi connectivity index (χ1) is 21.5. The van der Waals surface area contributed by atoms with E-state index in [1.165, 1.54) is 31.2 Å². The van der Waals surface area contributed by atoms with Crippen molar-refractivity contribution in [2.24, 2.45) is 5.92 Å². The van der Waals surface area contributed by atoms with Crippen LogP contribution >= 0.6 is 0 Å². The first-order valence-electron chi connectivity index (χ1n) is 17.7.